The summed E-state index contributed by atoms with van der Waals surface area (Å²) in [6.45, 7) is 0.755. The molecule has 0 radical (unpaired) electrons. The van der Waals surface area contributed by atoms with E-state index >= 15 is 0 Å². The first-order chi connectivity index (χ1) is 11.8. The van der Waals surface area contributed by atoms with Crippen molar-refractivity contribution in [2.75, 3.05) is 11.9 Å². The fraction of sp³-hybridized carbons (Fsp3) is 0.250. The van der Waals surface area contributed by atoms with E-state index in [1.54, 1.807) is 6.07 Å². The molecular formula is C16H16N6O2. The minimum atomic E-state index is -0.368. The molecule has 0 spiro atoms. The highest BCUT2D eigenvalue weighted by Crippen LogP contribution is 2.28. The molecule has 1 atom stereocenters. The average molecular weight is 324 g/mol. The Kier molecular flexibility index (Phi) is 3.80. The van der Waals surface area contributed by atoms with Crippen LogP contribution in [0, 0.1) is 0 Å². The van der Waals surface area contributed by atoms with Gasteiger partial charge in [-0.1, -0.05) is 30.3 Å². The molecule has 1 aromatic carbocycles. The second kappa shape index (κ2) is 6.25. The molecule has 8 heteroatoms. The summed E-state index contributed by atoms with van der Waals surface area (Å²) in [5.41, 5.74) is 2.41. The molecule has 3 aromatic rings. The summed E-state index contributed by atoms with van der Waals surface area (Å²) in [5.74, 6) is 0.0699. The third kappa shape index (κ3) is 2.79. The summed E-state index contributed by atoms with van der Waals surface area (Å²) in [6, 6.07) is 11.2. The molecule has 1 fully saturated rings. The standard InChI is InChI=1S/C16H16N6O2/c23-16(15-14(20-22-21-15)10-5-2-1-3-6-10)17-13-9-11(18-19-13)12-7-4-8-24-12/h1-3,5-6,9,12H,4,7-8H2,(H,20,21,22)(H2,17,18,19,23)/t12-/m1/s1. The Labute approximate surface area is 137 Å². The summed E-state index contributed by atoms with van der Waals surface area (Å²) < 4.78 is 5.60. The van der Waals surface area contributed by atoms with Crippen LogP contribution in [0.15, 0.2) is 36.4 Å². The van der Waals surface area contributed by atoms with E-state index in [9.17, 15) is 4.79 Å². The molecule has 2 aromatic heterocycles. The van der Waals surface area contributed by atoms with Gasteiger partial charge in [0.25, 0.3) is 5.91 Å². The van der Waals surface area contributed by atoms with Gasteiger partial charge in [-0.05, 0) is 12.8 Å². The lowest BCUT2D eigenvalue weighted by atomic mass is 10.1. The van der Waals surface area contributed by atoms with Gasteiger partial charge in [0.2, 0.25) is 0 Å². The van der Waals surface area contributed by atoms with Crippen molar-refractivity contribution in [1.29, 1.82) is 0 Å². The van der Waals surface area contributed by atoms with Gasteiger partial charge in [0.15, 0.2) is 11.5 Å². The van der Waals surface area contributed by atoms with Gasteiger partial charge in [-0.15, -0.1) is 0 Å². The normalized spacial score (nSPS) is 17.1. The van der Waals surface area contributed by atoms with Crippen molar-refractivity contribution in [3.05, 3.63) is 47.8 Å². The fourth-order valence-electron chi connectivity index (χ4n) is 2.75. The van der Waals surface area contributed by atoms with E-state index < -0.39 is 0 Å². The van der Waals surface area contributed by atoms with Crippen LogP contribution in [0.3, 0.4) is 0 Å². The van der Waals surface area contributed by atoms with Gasteiger partial charge in [0.1, 0.15) is 5.69 Å². The Hall–Kier alpha value is -3.00. The molecule has 0 saturated carbocycles. The predicted octanol–water partition coefficient (Wildman–Crippen LogP) is 2.30. The number of hydrogen-bond acceptors (Lipinski definition) is 5. The molecule has 0 bridgehead atoms. The van der Waals surface area contributed by atoms with Crippen molar-refractivity contribution in [3.63, 3.8) is 0 Å². The molecule has 8 nitrogen and oxygen atoms in total. The van der Waals surface area contributed by atoms with Gasteiger partial charge in [-0.3, -0.25) is 9.89 Å². The zero-order chi connectivity index (χ0) is 16.4. The first-order valence-corrected chi connectivity index (χ1v) is 7.76. The van der Waals surface area contributed by atoms with Crippen molar-refractivity contribution in [3.8, 4) is 11.3 Å². The number of anilines is 1. The SMILES string of the molecule is O=C(Nc1cc([C@H]2CCCO2)[nH]n1)c1n[nH]nc1-c1ccccc1. The summed E-state index contributed by atoms with van der Waals surface area (Å²) in [7, 11) is 0. The zero-order valence-corrected chi connectivity index (χ0v) is 12.8. The molecule has 1 aliphatic heterocycles. The highest BCUT2D eigenvalue weighted by molar-refractivity contribution is 6.06. The predicted molar refractivity (Wildman–Crippen MR) is 86.3 cm³/mol. The highest BCUT2D eigenvalue weighted by Gasteiger charge is 2.22. The molecule has 0 unspecified atom stereocenters. The Morgan fingerprint density at radius 2 is 2.08 bits per heavy atom. The summed E-state index contributed by atoms with van der Waals surface area (Å²) in [5, 5.41) is 20.3. The fourth-order valence-corrected chi connectivity index (χ4v) is 2.75. The van der Waals surface area contributed by atoms with E-state index in [2.05, 4.69) is 30.9 Å². The van der Waals surface area contributed by atoms with Crippen molar-refractivity contribution in [2.45, 2.75) is 18.9 Å². The number of rotatable bonds is 4. The second-order valence-electron chi connectivity index (χ2n) is 5.55. The Morgan fingerprint density at radius 1 is 1.21 bits per heavy atom. The number of aromatic nitrogens is 5. The second-order valence-corrected chi connectivity index (χ2v) is 5.55. The monoisotopic (exact) mass is 324 g/mol. The number of hydrogen-bond donors (Lipinski definition) is 3. The zero-order valence-electron chi connectivity index (χ0n) is 12.8. The maximum Gasteiger partial charge on any atom is 0.279 e. The molecule has 1 saturated heterocycles. The van der Waals surface area contributed by atoms with Crippen molar-refractivity contribution < 1.29 is 9.53 Å². The number of carbonyl (C=O) groups is 1. The van der Waals surface area contributed by atoms with Crippen molar-refractivity contribution in [2.24, 2.45) is 0 Å². The van der Waals surface area contributed by atoms with Gasteiger partial charge >= 0.3 is 0 Å². The van der Waals surface area contributed by atoms with Crippen LogP contribution in [-0.4, -0.2) is 38.1 Å². The Morgan fingerprint density at radius 3 is 2.88 bits per heavy atom. The first kappa shape index (κ1) is 14.6. The molecular weight excluding hydrogens is 308 g/mol. The lowest BCUT2D eigenvalue weighted by Gasteiger charge is -2.04. The quantitative estimate of drug-likeness (QED) is 0.682. The number of ether oxygens (including phenoxy) is 1. The molecule has 4 rings (SSSR count). The molecule has 3 heterocycles. The van der Waals surface area contributed by atoms with Crippen molar-refractivity contribution >= 4 is 11.7 Å². The van der Waals surface area contributed by atoms with E-state index in [-0.39, 0.29) is 17.7 Å². The third-order valence-corrected chi connectivity index (χ3v) is 3.93. The van der Waals surface area contributed by atoms with E-state index in [1.807, 2.05) is 30.3 Å². The molecule has 24 heavy (non-hydrogen) atoms. The maximum absolute atomic E-state index is 12.5. The Balaban J connectivity index is 1.52. The van der Waals surface area contributed by atoms with E-state index in [4.69, 9.17) is 4.74 Å². The molecule has 3 N–H and O–H groups in total. The summed E-state index contributed by atoms with van der Waals surface area (Å²) in [4.78, 5) is 12.5. The molecule has 1 aliphatic rings. The summed E-state index contributed by atoms with van der Waals surface area (Å²) >= 11 is 0. The lowest BCUT2D eigenvalue weighted by molar-refractivity contribution is 0.102. The maximum atomic E-state index is 12.5. The average Bonchev–Trinajstić information content (AvgIpc) is 3.36. The van der Waals surface area contributed by atoms with Crippen LogP contribution in [-0.2, 0) is 4.74 Å². The number of amides is 1. The smallest absolute Gasteiger partial charge is 0.279 e. The van der Waals surface area contributed by atoms with Crippen LogP contribution in [0.4, 0.5) is 5.82 Å². The number of H-pyrrole nitrogens is 2. The van der Waals surface area contributed by atoms with Gasteiger partial charge in [0.05, 0.1) is 11.8 Å². The lowest BCUT2D eigenvalue weighted by Crippen LogP contribution is -2.14. The number of nitrogens with one attached hydrogen (secondary N) is 3. The van der Waals surface area contributed by atoms with Gasteiger partial charge in [-0.25, -0.2) is 0 Å². The number of benzene rings is 1. The number of carbonyl (C=O) groups excluding carboxylic acids is 1. The Bertz CT molecular complexity index is 835. The highest BCUT2D eigenvalue weighted by atomic mass is 16.5. The van der Waals surface area contributed by atoms with E-state index in [0.29, 0.717) is 11.5 Å². The summed E-state index contributed by atoms with van der Waals surface area (Å²) in [6.07, 6.45) is 2.01. The minimum Gasteiger partial charge on any atom is -0.372 e. The van der Waals surface area contributed by atoms with Crippen LogP contribution in [0.1, 0.15) is 35.1 Å². The molecule has 122 valence electrons. The molecule has 0 aliphatic carbocycles. The van der Waals surface area contributed by atoms with Gasteiger partial charge < -0.3 is 10.1 Å². The number of aromatic amines is 2. The minimum absolute atomic E-state index is 0.0232. The van der Waals surface area contributed by atoms with Crippen molar-refractivity contribution in [1.82, 2.24) is 25.6 Å². The first-order valence-electron chi connectivity index (χ1n) is 7.76. The topological polar surface area (TPSA) is 109 Å². The largest absolute Gasteiger partial charge is 0.372 e. The molecule has 1 amide bonds. The van der Waals surface area contributed by atoms with Gasteiger partial charge in [-0.2, -0.15) is 20.5 Å². The van der Waals surface area contributed by atoms with Crippen LogP contribution >= 0.6 is 0 Å². The van der Waals surface area contributed by atoms with E-state index in [1.165, 1.54) is 0 Å². The van der Waals surface area contributed by atoms with Gasteiger partial charge in [0, 0.05) is 18.2 Å². The van der Waals surface area contributed by atoms with Crippen LogP contribution < -0.4 is 5.32 Å². The number of nitrogens with zero attached hydrogens (tertiary/aromatic N) is 3. The third-order valence-electron chi connectivity index (χ3n) is 3.93. The van der Waals surface area contributed by atoms with Crippen LogP contribution in [0.2, 0.25) is 0 Å². The van der Waals surface area contributed by atoms with Crippen LogP contribution in [0.25, 0.3) is 11.3 Å². The van der Waals surface area contributed by atoms with Crippen LogP contribution in [0.5, 0.6) is 0 Å². The van der Waals surface area contributed by atoms with E-state index in [0.717, 1.165) is 30.7 Å².